The van der Waals surface area contributed by atoms with Crippen LogP contribution in [0.1, 0.15) is 72.7 Å². The van der Waals surface area contributed by atoms with Gasteiger partial charge in [-0.15, -0.1) is 11.3 Å². The number of hydrogen-bond donors (Lipinski definition) is 1. The summed E-state index contributed by atoms with van der Waals surface area (Å²) in [5.41, 5.74) is 9.46. The number of likely N-dealkylation sites (N-methyl/N-ethyl adjacent to an activating group) is 1. The van der Waals surface area contributed by atoms with Gasteiger partial charge < -0.3 is 15.0 Å². The van der Waals surface area contributed by atoms with Crippen molar-refractivity contribution in [3.05, 3.63) is 38.5 Å². The molecule has 0 aromatic carbocycles. The lowest BCUT2D eigenvalue weighted by Gasteiger charge is -2.39. The highest BCUT2D eigenvalue weighted by Crippen LogP contribution is 2.54. The molecule has 0 amide bonds. The molecule has 2 aliphatic carbocycles. The van der Waals surface area contributed by atoms with Crippen molar-refractivity contribution in [2.24, 2.45) is 0 Å². The summed E-state index contributed by atoms with van der Waals surface area (Å²) < 4.78 is 12.2. The van der Waals surface area contributed by atoms with E-state index in [-0.39, 0.29) is 11.5 Å². The summed E-state index contributed by atoms with van der Waals surface area (Å²) in [5.74, 6) is 1.36. The molecule has 1 unspecified atom stereocenters. The number of aryl methyl sites for hydroxylation is 1. The number of nitrogens with zero attached hydrogens (tertiary/aromatic N) is 5. The third kappa shape index (κ3) is 3.69. The van der Waals surface area contributed by atoms with E-state index in [0.717, 1.165) is 68.3 Å². The molecule has 3 aromatic rings. The summed E-state index contributed by atoms with van der Waals surface area (Å²) >= 11 is 7.96. The first-order valence-electron chi connectivity index (χ1n) is 12.6. The van der Waals surface area contributed by atoms with Crippen LogP contribution >= 0.6 is 22.9 Å². The predicted molar refractivity (Wildman–Crippen MR) is 138 cm³/mol. The van der Waals surface area contributed by atoms with Crippen molar-refractivity contribution in [2.75, 3.05) is 19.3 Å². The number of nitrogens with two attached hydrogens (primary N) is 1. The molecule has 2 N–H and O–H groups in total. The average molecular weight is 525 g/mol. The molecular weight excluding hydrogens is 496 g/mol. The van der Waals surface area contributed by atoms with Gasteiger partial charge in [0.15, 0.2) is 0 Å². The van der Waals surface area contributed by atoms with E-state index in [2.05, 4.69) is 35.1 Å². The van der Waals surface area contributed by atoms with Gasteiger partial charge in [-0.2, -0.15) is 10.2 Å². The Kier molecular flexibility index (Phi) is 5.94. The van der Waals surface area contributed by atoms with E-state index < -0.39 is 0 Å². The lowest BCUT2D eigenvalue weighted by atomic mass is 9.62. The highest BCUT2D eigenvalue weighted by Gasteiger charge is 2.48. The minimum absolute atomic E-state index is 0.0302. The molecule has 3 aromatic heterocycles. The van der Waals surface area contributed by atoms with Gasteiger partial charge in [0.1, 0.15) is 22.3 Å². The van der Waals surface area contributed by atoms with Crippen LogP contribution in [-0.4, -0.2) is 45.8 Å². The van der Waals surface area contributed by atoms with E-state index in [9.17, 15) is 5.26 Å². The number of thiophene rings is 1. The number of ether oxygens (including phenoxy) is 1. The Morgan fingerprint density at radius 3 is 2.86 bits per heavy atom. The Hall–Kier alpha value is -2.67. The average Bonchev–Trinajstić information content (AvgIpc) is 3.56. The van der Waals surface area contributed by atoms with E-state index in [1.807, 2.05) is 0 Å². The second-order valence-corrected chi connectivity index (χ2v) is 11.8. The Bertz CT molecular complexity index is 1360. The SMILES string of the molecule is C[C@H](Oc1cc(Cl)nc(-c2onc3c2CCCC32CCCc3sc(N)c(C#N)c32)n1)[C@@H]1CCCN1C. The number of anilines is 1. The largest absolute Gasteiger partial charge is 0.473 e. The number of fused-ring (bicyclic) bond motifs is 4. The van der Waals surface area contributed by atoms with Gasteiger partial charge in [0.25, 0.3) is 0 Å². The molecule has 6 rings (SSSR count). The summed E-state index contributed by atoms with van der Waals surface area (Å²) in [6.07, 6.45) is 7.80. The molecule has 1 fully saturated rings. The minimum atomic E-state index is -0.360. The highest BCUT2D eigenvalue weighted by molar-refractivity contribution is 7.16. The zero-order chi connectivity index (χ0) is 25.0. The lowest BCUT2D eigenvalue weighted by molar-refractivity contribution is 0.117. The standard InChI is InChI=1S/C26H29ClN6O2S/c1-14(17-7-5-11-33(17)2)34-20-12-19(27)30-25(31-20)22-15-6-3-9-26(23(15)32-35-22)10-4-8-18-21(26)16(13-28)24(29)36-18/h12,14,17H,3-11,29H2,1-2H3/t14-,17-,26?/m0/s1. The van der Waals surface area contributed by atoms with Crippen molar-refractivity contribution in [2.45, 2.75) is 75.9 Å². The molecule has 0 bridgehead atoms. The van der Waals surface area contributed by atoms with Crippen molar-refractivity contribution in [3.63, 3.8) is 0 Å². The summed E-state index contributed by atoms with van der Waals surface area (Å²) in [4.78, 5) is 12.7. The number of hydrogen-bond acceptors (Lipinski definition) is 9. The van der Waals surface area contributed by atoms with Crippen LogP contribution in [-0.2, 0) is 18.3 Å². The van der Waals surface area contributed by atoms with Crippen LogP contribution in [0.15, 0.2) is 10.6 Å². The van der Waals surface area contributed by atoms with Gasteiger partial charge in [-0.3, -0.25) is 4.90 Å². The molecule has 1 aliphatic heterocycles. The van der Waals surface area contributed by atoms with Crippen LogP contribution in [0.5, 0.6) is 5.88 Å². The van der Waals surface area contributed by atoms with Gasteiger partial charge >= 0.3 is 0 Å². The van der Waals surface area contributed by atoms with Crippen LogP contribution in [0.3, 0.4) is 0 Å². The summed E-state index contributed by atoms with van der Waals surface area (Å²) in [6, 6.07) is 4.36. The number of rotatable bonds is 4. The Labute approximate surface area is 219 Å². The molecule has 3 atom stereocenters. The molecule has 3 aliphatic rings. The fourth-order valence-electron chi connectivity index (χ4n) is 6.59. The summed E-state index contributed by atoms with van der Waals surface area (Å²) in [6.45, 7) is 3.15. The van der Waals surface area contributed by atoms with Crippen LogP contribution in [0.2, 0.25) is 5.15 Å². The Morgan fingerprint density at radius 2 is 2.11 bits per heavy atom. The maximum absolute atomic E-state index is 9.92. The lowest BCUT2D eigenvalue weighted by Crippen LogP contribution is -2.38. The minimum Gasteiger partial charge on any atom is -0.473 e. The van der Waals surface area contributed by atoms with Gasteiger partial charge in [0.2, 0.25) is 17.5 Å². The smallest absolute Gasteiger partial charge is 0.218 e. The molecule has 36 heavy (non-hydrogen) atoms. The number of aromatic nitrogens is 3. The van der Waals surface area contributed by atoms with Gasteiger partial charge in [-0.05, 0) is 77.4 Å². The van der Waals surface area contributed by atoms with Crippen LogP contribution in [0.25, 0.3) is 11.6 Å². The molecule has 0 radical (unpaired) electrons. The fraction of sp³-hybridized carbons (Fsp3) is 0.538. The monoisotopic (exact) mass is 524 g/mol. The Morgan fingerprint density at radius 1 is 1.31 bits per heavy atom. The molecule has 4 heterocycles. The molecule has 1 saturated heterocycles. The first-order valence-corrected chi connectivity index (χ1v) is 13.8. The molecule has 188 valence electrons. The van der Waals surface area contributed by atoms with Crippen molar-refractivity contribution < 1.29 is 9.26 Å². The number of nitrogen functional groups attached to an aromatic ring is 1. The van der Waals surface area contributed by atoms with E-state index >= 15 is 0 Å². The van der Waals surface area contributed by atoms with E-state index in [4.69, 9.17) is 31.6 Å². The third-order valence-corrected chi connectivity index (χ3v) is 9.45. The Balaban J connectivity index is 1.39. The first kappa shape index (κ1) is 23.7. The van der Waals surface area contributed by atoms with Crippen LogP contribution in [0.4, 0.5) is 5.00 Å². The topological polar surface area (TPSA) is 114 Å². The number of likely N-dealkylation sites (tertiary alicyclic amines) is 1. The normalized spacial score (nSPS) is 24.3. The van der Waals surface area contributed by atoms with Crippen molar-refractivity contribution >= 4 is 27.9 Å². The highest BCUT2D eigenvalue weighted by atomic mass is 35.5. The first-order chi connectivity index (χ1) is 17.4. The van der Waals surface area contributed by atoms with Crippen LogP contribution in [0, 0.1) is 11.3 Å². The quantitative estimate of drug-likeness (QED) is 0.468. The van der Waals surface area contributed by atoms with Crippen molar-refractivity contribution in [1.82, 2.24) is 20.0 Å². The van der Waals surface area contributed by atoms with Gasteiger partial charge in [-0.25, -0.2) is 4.98 Å². The molecule has 10 heteroatoms. The van der Waals surface area contributed by atoms with Gasteiger partial charge in [0, 0.05) is 28.0 Å². The fourth-order valence-corrected chi connectivity index (χ4v) is 7.92. The number of halogens is 1. The van der Waals surface area contributed by atoms with Crippen LogP contribution < -0.4 is 10.5 Å². The number of nitriles is 1. The second kappa shape index (κ2) is 9.02. The van der Waals surface area contributed by atoms with E-state index in [1.165, 1.54) is 11.3 Å². The third-order valence-electron chi connectivity index (χ3n) is 8.18. The van der Waals surface area contributed by atoms with Crippen molar-refractivity contribution in [1.29, 1.82) is 5.26 Å². The maximum atomic E-state index is 9.92. The molecular formula is C26H29ClN6O2S. The zero-order valence-corrected chi connectivity index (χ0v) is 22.1. The van der Waals surface area contributed by atoms with Gasteiger partial charge in [-0.1, -0.05) is 16.8 Å². The summed E-state index contributed by atoms with van der Waals surface area (Å²) in [7, 11) is 2.13. The maximum Gasteiger partial charge on any atom is 0.218 e. The zero-order valence-electron chi connectivity index (χ0n) is 20.5. The molecule has 0 saturated carbocycles. The summed E-state index contributed by atoms with van der Waals surface area (Å²) in [5, 5.41) is 15.4. The van der Waals surface area contributed by atoms with Crippen molar-refractivity contribution in [3.8, 4) is 23.5 Å². The predicted octanol–water partition coefficient (Wildman–Crippen LogP) is 5.12. The van der Waals surface area contributed by atoms with E-state index in [0.29, 0.717) is 39.2 Å². The molecule has 8 nitrogen and oxygen atoms in total. The second-order valence-electron chi connectivity index (χ2n) is 10.2. The van der Waals surface area contributed by atoms with E-state index in [1.54, 1.807) is 17.4 Å². The van der Waals surface area contributed by atoms with Gasteiger partial charge in [0.05, 0.1) is 11.3 Å². The molecule has 1 spiro atoms.